The monoisotopic (exact) mass is 654 g/mol. The number of H-pyrrole nitrogens is 1. The third kappa shape index (κ3) is 4.90. The number of aliphatic hydroxyl groups excluding tert-OH is 3. The van der Waals surface area contributed by atoms with Crippen LogP contribution in [-0.4, -0.2) is 109 Å². The fraction of sp³-hybridized carbons (Fsp3) is 0.455. The smallest absolute Gasteiger partial charge is 0.325 e. The lowest BCUT2D eigenvalue weighted by Crippen LogP contribution is -2.45. The first kappa shape index (κ1) is 30.4. The van der Waals surface area contributed by atoms with E-state index in [0.717, 1.165) is 4.68 Å². The number of anilines is 2. The van der Waals surface area contributed by atoms with Gasteiger partial charge in [-0.1, -0.05) is 11.1 Å². The van der Waals surface area contributed by atoms with Gasteiger partial charge in [0.15, 0.2) is 35.4 Å². The summed E-state index contributed by atoms with van der Waals surface area (Å²) in [5, 5.41) is 39.4. The Morgan fingerprint density at radius 3 is 2.80 bits per heavy atom. The van der Waals surface area contributed by atoms with Crippen molar-refractivity contribution in [3.8, 4) is 12.3 Å². The summed E-state index contributed by atoms with van der Waals surface area (Å²) in [6, 6.07) is 1.58. The number of halogens is 1. The standard InChI is InChI=1S/C22H24FN10O9PS/c1-2-22(14(36)12(35)19(41-22)32-4-3-8-15(24)26-7-27-16(8)32)6-39-43(38,44)42-13-10(23)9(5-34)40-20(13)33-17-11(30-31-33)18(37)29-21(25)28-17/h1,3-4,7,9-10,12-14,19-20,34-36H,5-6H2,(H,38,44)(H2,24,26,27)(H3,25,28,29,37)/t9-,10-,12-,13-,14+,19-,20-,22-,43?/m1/s1. The number of aliphatic hydroxyl groups is 3. The van der Waals surface area contributed by atoms with Gasteiger partial charge in [-0.15, -0.1) is 11.5 Å². The first-order valence-corrected chi connectivity index (χ1v) is 15.2. The Morgan fingerprint density at radius 2 is 2.07 bits per heavy atom. The Kier molecular flexibility index (Phi) is 7.61. The summed E-state index contributed by atoms with van der Waals surface area (Å²) >= 11 is 5.11. The van der Waals surface area contributed by atoms with E-state index in [1.807, 2.05) is 0 Å². The quantitative estimate of drug-likeness (QED) is 0.0770. The molecule has 0 bridgehead atoms. The zero-order valence-electron chi connectivity index (χ0n) is 22.1. The largest absolute Gasteiger partial charge is 0.394 e. The first-order chi connectivity index (χ1) is 20.9. The maximum Gasteiger partial charge on any atom is 0.325 e. The number of nitrogens with one attached hydrogen (secondary N) is 1. The topological polar surface area (TPSA) is 277 Å². The fourth-order valence-corrected chi connectivity index (χ4v) is 6.43. The summed E-state index contributed by atoms with van der Waals surface area (Å²) in [6.07, 6.45) is -3.19. The number of nitrogens with two attached hydrogens (primary N) is 2. The van der Waals surface area contributed by atoms with Crippen molar-refractivity contribution >= 4 is 52.5 Å². The van der Waals surface area contributed by atoms with Crippen molar-refractivity contribution in [2.75, 3.05) is 24.7 Å². The van der Waals surface area contributed by atoms with Gasteiger partial charge in [-0.05, 0) is 17.9 Å². The van der Waals surface area contributed by atoms with E-state index >= 15 is 4.39 Å². The van der Waals surface area contributed by atoms with E-state index in [-0.39, 0.29) is 28.6 Å². The van der Waals surface area contributed by atoms with Crippen LogP contribution < -0.4 is 17.0 Å². The number of hydrogen-bond donors (Lipinski definition) is 7. The summed E-state index contributed by atoms with van der Waals surface area (Å²) in [5.74, 6) is 2.10. The van der Waals surface area contributed by atoms with Crippen LogP contribution in [0, 0.1) is 12.3 Å². The number of hydrogen-bond acceptors (Lipinski definition) is 16. The van der Waals surface area contributed by atoms with Crippen LogP contribution in [0.15, 0.2) is 23.4 Å². The molecule has 4 aromatic heterocycles. The molecule has 2 aliphatic rings. The van der Waals surface area contributed by atoms with Crippen molar-refractivity contribution in [2.45, 2.75) is 48.6 Å². The highest BCUT2D eigenvalue weighted by molar-refractivity contribution is 8.07. The molecular formula is C22H24FN10O9PS. The van der Waals surface area contributed by atoms with Gasteiger partial charge in [0.25, 0.3) is 5.56 Å². The van der Waals surface area contributed by atoms with Crippen molar-refractivity contribution in [3.63, 3.8) is 0 Å². The van der Waals surface area contributed by atoms with Gasteiger partial charge in [-0.25, -0.2) is 14.4 Å². The fourth-order valence-electron chi connectivity index (χ4n) is 5.03. The number of nitrogen functional groups attached to an aromatic ring is 2. The van der Waals surface area contributed by atoms with Gasteiger partial charge in [0.05, 0.1) is 18.6 Å². The lowest BCUT2D eigenvalue weighted by molar-refractivity contribution is -0.0910. The van der Waals surface area contributed by atoms with E-state index in [1.165, 1.54) is 17.1 Å². The lowest BCUT2D eigenvalue weighted by atomic mass is 9.97. The molecule has 0 spiro atoms. The van der Waals surface area contributed by atoms with Crippen LogP contribution >= 0.6 is 6.72 Å². The van der Waals surface area contributed by atoms with E-state index in [0.29, 0.717) is 5.39 Å². The van der Waals surface area contributed by atoms with Gasteiger partial charge < -0.3 is 50.2 Å². The number of nitrogens with zero attached hydrogens (tertiary/aromatic N) is 7. The summed E-state index contributed by atoms with van der Waals surface area (Å²) in [5.41, 5.74) is 8.49. The number of aromatic nitrogens is 8. The van der Waals surface area contributed by atoms with Crippen molar-refractivity contribution in [1.82, 2.24) is 39.5 Å². The van der Waals surface area contributed by atoms with Crippen LogP contribution in [-0.2, 0) is 30.3 Å². The molecule has 0 aromatic carbocycles. The van der Waals surface area contributed by atoms with E-state index in [2.05, 4.69) is 36.2 Å². The third-order valence-electron chi connectivity index (χ3n) is 7.22. The molecule has 1 unspecified atom stereocenters. The summed E-state index contributed by atoms with van der Waals surface area (Å²) in [4.78, 5) is 37.4. The summed E-state index contributed by atoms with van der Waals surface area (Å²) < 4.78 is 40.0. The molecule has 0 amide bonds. The van der Waals surface area contributed by atoms with Crippen LogP contribution in [0.2, 0.25) is 0 Å². The molecular weight excluding hydrogens is 630 g/mol. The normalized spacial score (nSPS) is 31.9. The average molecular weight is 655 g/mol. The zero-order chi connectivity index (χ0) is 31.6. The molecule has 2 fully saturated rings. The predicted octanol–water partition coefficient (Wildman–Crippen LogP) is -2.41. The van der Waals surface area contributed by atoms with Crippen molar-refractivity contribution in [2.24, 2.45) is 0 Å². The molecule has 234 valence electrons. The SMILES string of the molecule is C#C[C@]1(COP(O)(=S)O[C@@H]2[C@H](F)[C@@H](CO)O[C@H]2n2nnc3c(=O)[nH]c(N)nc32)O[C@@H](n2ccc3c(N)ncnc32)[C@H](O)[C@@H]1O. The number of ether oxygens (including phenoxy) is 2. The van der Waals surface area contributed by atoms with Crippen molar-refractivity contribution < 1.29 is 43.1 Å². The van der Waals surface area contributed by atoms with Crippen LogP contribution in [0.1, 0.15) is 12.5 Å². The minimum absolute atomic E-state index is 0.167. The summed E-state index contributed by atoms with van der Waals surface area (Å²) in [7, 11) is 0. The molecule has 0 aliphatic carbocycles. The van der Waals surface area contributed by atoms with E-state index in [9.17, 15) is 25.0 Å². The Labute approximate surface area is 249 Å². The molecule has 9 atom stereocenters. The second-order valence-electron chi connectivity index (χ2n) is 9.86. The number of terminal acetylenes is 1. The Bertz CT molecular complexity index is 1880. The van der Waals surface area contributed by atoms with Gasteiger partial charge in [0.2, 0.25) is 5.95 Å². The molecule has 4 aromatic rings. The molecule has 6 rings (SSSR count). The van der Waals surface area contributed by atoms with Gasteiger partial charge >= 0.3 is 6.72 Å². The first-order valence-electron chi connectivity index (χ1n) is 12.6. The third-order valence-corrected chi connectivity index (χ3v) is 8.76. The number of rotatable bonds is 8. The maximum absolute atomic E-state index is 15.4. The molecule has 44 heavy (non-hydrogen) atoms. The second kappa shape index (κ2) is 11.0. The Hall–Kier alpha value is -3.68. The Balaban J connectivity index is 1.24. The molecule has 0 saturated carbocycles. The predicted molar refractivity (Wildman–Crippen MR) is 149 cm³/mol. The highest BCUT2D eigenvalue weighted by Crippen LogP contribution is 2.52. The molecule has 0 radical (unpaired) electrons. The Morgan fingerprint density at radius 1 is 1.30 bits per heavy atom. The van der Waals surface area contributed by atoms with Gasteiger partial charge in [0.1, 0.15) is 42.2 Å². The van der Waals surface area contributed by atoms with Crippen LogP contribution in [0.3, 0.4) is 0 Å². The molecule has 2 saturated heterocycles. The lowest BCUT2D eigenvalue weighted by Gasteiger charge is -2.29. The van der Waals surface area contributed by atoms with Crippen molar-refractivity contribution in [1.29, 1.82) is 0 Å². The zero-order valence-corrected chi connectivity index (χ0v) is 23.8. The molecule has 9 N–H and O–H groups in total. The molecule has 19 nitrogen and oxygen atoms in total. The highest BCUT2D eigenvalue weighted by Gasteiger charge is 2.56. The average Bonchev–Trinajstić information content (AvgIpc) is 3.73. The van der Waals surface area contributed by atoms with Crippen LogP contribution in [0.4, 0.5) is 16.2 Å². The van der Waals surface area contributed by atoms with E-state index < -0.39 is 74.1 Å². The second-order valence-corrected chi connectivity index (χ2v) is 12.6. The summed E-state index contributed by atoms with van der Waals surface area (Å²) in [6.45, 7) is -6.09. The van der Waals surface area contributed by atoms with E-state index in [1.54, 1.807) is 6.07 Å². The van der Waals surface area contributed by atoms with Gasteiger partial charge in [-0.2, -0.15) is 9.67 Å². The van der Waals surface area contributed by atoms with Gasteiger partial charge in [-0.3, -0.25) is 14.3 Å². The van der Waals surface area contributed by atoms with E-state index in [4.69, 9.17) is 48.2 Å². The minimum Gasteiger partial charge on any atom is -0.394 e. The van der Waals surface area contributed by atoms with Crippen molar-refractivity contribution in [3.05, 3.63) is 28.9 Å². The minimum atomic E-state index is -4.47. The molecule has 2 aliphatic heterocycles. The van der Waals surface area contributed by atoms with Gasteiger partial charge in [0, 0.05) is 6.20 Å². The number of fused-ring (bicyclic) bond motifs is 2. The van der Waals surface area contributed by atoms with Crippen LogP contribution in [0.25, 0.3) is 22.2 Å². The van der Waals surface area contributed by atoms with Crippen LogP contribution in [0.5, 0.6) is 0 Å². The highest BCUT2D eigenvalue weighted by atomic mass is 32.5. The number of aromatic amines is 1. The number of alkyl halides is 1. The molecule has 22 heteroatoms. The maximum atomic E-state index is 15.4. The molecule has 6 heterocycles.